The molecule has 1 aliphatic rings. The minimum absolute atomic E-state index is 0.0995. The molecule has 12 nitrogen and oxygen atoms in total. The van der Waals surface area contributed by atoms with Crippen molar-refractivity contribution < 1.29 is 19.1 Å². The summed E-state index contributed by atoms with van der Waals surface area (Å²) >= 11 is 19.5. The van der Waals surface area contributed by atoms with Gasteiger partial charge in [-0.3, -0.25) is 14.6 Å². The fourth-order valence-electron chi connectivity index (χ4n) is 7.06. The van der Waals surface area contributed by atoms with Crippen LogP contribution in [-0.4, -0.2) is 93.9 Å². The molecular weight excluding hydrogens is 864 g/mol. The van der Waals surface area contributed by atoms with Gasteiger partial charge in [0.15, 0.2) is 10.8 Å². The average Bonchev–Trinajstić information content (AvgIpc) is 3.71. The van der Waals surface area contributed by atoms with E-state index in [1.807, 2.05) is 36.4 Å². The molecule has 0 spiro atoms. The number of halogens is 2. The molecule has 2 heterocycles. The molecule has 0 radical (unpaired) electrons. The van der Waals surface area contributed by atoms with Crippen LogP contribution in [-0.2, 0) is 28.9 Å². The van der Waals surface area contributed by atoms with Crippen molar-refractivity contribution in [3.63, 3.8) is 0 Å². The van der Waals surface area contributed by atoms with E-state index in [1.165, 1.54) is 11.1 Å². The van der Waals surface area contributed by atoms with Crippen molar-refractivity contribution in [3.05, 3.63) is 123 Å². The number of aliphatic imine (C=N–C) groups is 1. The Morgan fingerprint density at radius 1 is 0.968 bits per heavy atom. The van der Waals surface area contributed by atoms with E-state index in [-0.39, 0.29) is 23.5 Å². The first-order valence-corrected chi connectivity index (χ1v) is 22.4. The van der Waals surface area contributed by atoms with Crippen LogP contribution in [0.15, 0.2) is 101 Å². The molecule has 16 heteroatoms. The number of rotatable bonds is 17. The van der Waals surface area contributed by atoms with Gasteiger partial charge < -0.3 is 25.0 Å². The number of fused-ring (bicyclic) bond motifs is 2. The third kappa shape index (κ3) is 11.6. The molecule has 0 bridgehead atoms. The number of aryl methyl sites for hydroxylation is 1. The van der Waals surface area contributed by atoms with Gasteiger partial charge in [-0.1, -0.05) is 65.8 Å². The molecule has 7 rings (SSSR count). The maximum absolute atomic E-state index is 13.3. The number of thiocarbonyl (C=S) groups is 1. The van der Waals surface area contributed by atoms with Crippen LogP contribution in [0.2, 0.25) is 10.0 Å². The monoisotopic (exact) mass is 908 g/mol. The molecule has 0 fully saturated rings. The summed E-state index contributed by atoms with van der Waals surface area (Å²) in [6, 6.07) is 28.5. The molecular formula is C46H46Cl2N8O4S2. The van der Waals surface area contributed by atoms with Crippen molar-refractivity contribution in [2.24, 2.45) is 4.99 Å². The third-order valence-corrected chi connectivity index (χ3v) is 12.2. The largest absolute Gasteiger partial charge is 0.460 e. The smallest absolute Gasteiger partial charge is 0.336 e. The molecule has 1 aliphatic carbocycles. The lowest BCUT2D eigenvalue weighted by Crippen LogP contribution is -2.28. The van der Waals surface area contributed by atoms with Crippen molar-refractivity contribution in [1.82, 2.24) is 30.0 Å². The minimum Gasteiger partial charge on any atom is -0.460 e. The van der Waals surface area contributed by atoms with Crippen LogP contribution in [0.3, 0.4) is 0 Å². The van der Waals surface area contributed by atoms with Gasteiger partial charge in [-0.15, -0.1) is 16.9 Å². The van der Waals surface area contributed by atoms with E-state index in [9.17, 15) is 9.59 Å². The van der Waals surface area contributed by atoms with Crippen molar-refractivity contribution in [3.8, 4) is 23.1 Å². The van der Waals surface area contributed by atoms with Crippen molar-refractivity contribution >= 4 is 86.8 Å². The predicted octanol–water partition coefficient (Wildman–Crippen LogP) is 9.07. The molecule has 0 saturated heterocycles. The van der Waals surface area contributed by atoms with Gasteiger partial charge in [0, 0.05) is 65.0 Å². The number of methoxy groups -OCH3 is 1. The van der Waals surface area contributed by atoms with Gasteiger partial charge in [-0.05, 0) is 117 Å². The Morgan fingerprint density at radius 3 is 2.56 bits per heavy atom. The number of aromatic nitrogens is 4. The van der Waals surface area contributed by atoms with Crippen LogP contribution < -0.4 is 15.4 Å². The van der Waals surface area contributed by atoms with E-state index >= 15 is 0 Å². The lowest BCUT2D eigenvalue weighted by molar-refractivity contribution is -0.110. The summed E-state index contributed by atoms with van der Waals surface area (Å²) < 4.78 is 12.4. The Balaban J connectivity index is 0.968. The molecule has 2 aromatic heterocycles. The van der Waals surface area contributed by atoms with Crippen LogP contribution in [0.25, 0.3) is 28.0 Å². The second-order valence-corrected chi connectivity index (χ2v) is 16.9. The third-order valence-electron chi connectivity index (χ3n) is 10.1. The van der Waals surface area contributed by atoms with Crippen LogP contribution in [0.1, 0.15) is 46.4 Å². The summed E-state index contributed by atoms with van der Waals surface area (Å²) in [6.07, 6.45) is 6.50. The number of thioether (sulfide) groups is 1. The Kier molecular flexibility index (Phi) is 15.7. The maximum Gasteiger partial charge on any atom is 0.336 e. The molecule has 0 atom stereocenters. The van der Waals surface area contributed by atoms with E-state index in [4.69, 9.17) is 49.9 Å². The highest BCUT2D eigenvalue weighted by Crippen LogP contribution is 2.36. The topological polar surface area (TPSA) is 136 Å². The van der Waals surface area contributed by atoms with E-state index < -0.39 is 5.91 Å². The average molecular weight is 910 g/mol. The number of benzene rings is 4. The Labute approximate surface area is 380 Å². The summed E-state index contributed by atoms with van der Waals surface area (Å²) in [5.74, 6) is 0.335. The van der Waals surface area contributed by atoms with Crippen LogP contribution >= 0.6 is 47.2 Å². The zero-order valence-corrected chi connectivity index (χ0v) is 37.5. The fourth-order valence-corrected chi connectivity index (χ4v) is 8.51. The summed E-state index contributed by atoms with van der Waals surface area (Å²) in [7, 11) is 3.68. The number of nitrogens with one attached hydrogen (secondary N) is 2. The van der Waals surface area contributed by atoms with Gasteiger partial charge in [0.25, 0.3) is 11.8 Å². The zero-order chi connectivity index (χ0) is 43.4. The number of anilines is 1. The quantitative estimate of drug-likeness (QED) is 0.0395. The zero-order valence-electron chi connectivity index (χ0n) is 34.4. The second-order valence-electron chi connectivity index (χ2n) is 14.7. The second kappa shape index (κ2) is 21.7. The Bertz CT molecular complexity index is 2570. The summed E-state index contributed by atoms with van der Waals surface area (Å²) in [5.41, 5.74) is 6.90. The van der Waals surface area contributed by atoms with E-state index in [0.717, 1.165) is 66.7 Å². The molecule has 62 heavy (non-hydrogen) atoms. The molecule has 0 unspecified atom stereocenters. The van der Waals surface area contributed by atoms with Gasteiger partial charge in [0.1, 0.15) is 6.61 Å². The Hall–Kier alpha value is -5.22. The summed E-state index contributed by atoms with van der Waals surface area (Å²) in [4.78, 5) is 43.6. The maximum atomic E-state index is 13.3. The molecule has 0 aliphatic heterocycles. The van der Waals surface area contributed by atoms with Crippen molar-refractivity contribution in [2.75, 3.05) is 51.5 Å². The van der Waals surface area contributed by atoms with Gasteiger partial charge in [0.2, 0.25) is 0 Å². The number of carbonyl (C=O) groups is 2. The SMILES string of the molecule is COCCOc1nc(-c2ccc(Cl)c(Cl)c2)n(-c2ccc(NC(=O)C(=S)N=CCSc3c4c(nc5ccc(C(=O)NCCCN(C)Cc6ccccc6)cc35)CCCC4)cc2)n1. The number of ether oxygens (including phenoxy) is 2. The normalized spacial score (nSPS) is 12.5. The standard InChI is InChI=1S/C46H46Cl2N8O4S2/c1-55(29-30-9-4-3-5-10-30)23-8-21-49-43(57)32-14-20-40-36(27-32)41(35-11-6-7-12-39(35)52-40)62-26-22-50-45(61)44(58)51-33-15-17-34(18-16-33)56-42(31-13-19-37(47)38(48)28-31)53-46(54-56)60-25-24-59-2/h3-5,9-10,13-20,22,27-28H,6-8,11-12,21,23-26,29H2,1-2H3,(H,49,57)(H,51,58). The fraction of sp³-hybridized carbons (Fsp3) is 0.283. The highest BCUT2D eigenvalue weighted by Gasteiger charge is 2.21. The molecule has 0 saturated carbocycles. The molecule has 4 aromatic carbocycles. The van der Waals surface area contributed by atoms with E-state index in [2.05, 4.69) is 49.8 Å². The number of hydrogen-bond acceptors (Lipinski definition) is 10. The van der Waals surface area contributed by atoms with Crippen LogP contribution in [0.5, 0.6) is 6.01 Å². The number of amides is 2. The van der Waals surface area contributed by atoms with Crippen LogP contribution in [0.4, 0.5) is 5.69 Å². The van der Waals surface area contributed by atoms with Gasteiger partial charge >= 0.3 is 6.01 Å². The molecule has 2 N–H and O–H groups in total. The first-order chi connectivity index (χ1) is 30.2. The first-order valence-electron chi connectivity index (χ1n) is 20.3. The lowest BCUT2D eigenvalue weighted by Gasteiger charge is -2.20. The highest BCUT2D eigenvalue weighted by atomic mass is 35.5. The number of nitrogens with zero attached hydrogens (tertiary/aromatic N) is 6. The molecule has 6 aromatic rings. The predicted molar refractivity (Wildman–Crippen MR) is 253 cm³/mol. The van der Waals surface area contributed by atoms with E-state index in [1.54, 1.807) is 72.2 Å². The lowest BCUT2D eigenvalue weighted by atomic mass is 9.94. The minimum atomic E-state index is -0.509. The molecule has 2 amide bonds. The molecule has 320 valence electrons. The van der Waals surface area contributed by atoms with Crippen molar-refractivity contribution in [1.29, 1.82) is 0 Å². The first kappa shape index (κ1) is 44.8. The number of pyridine rings is 1. The van der Waals surface area contributed by atoms with E-state index in [0.29, 0.717) is 57.3 Å². The highest BCUT2D eigenvalue weighted by molar-refractivity contribution is 8.00. The van der Waals surface area contributed by atoms with Gasteiger partial charge in [-0.25, -0.2) is 9.67 Å². The Morgan fingerprint density at radius 2 is 1.77 bits per heavy atom. The van der Waals surface area contributed by atoms with Gasteiger partial charge in [0.05, 0.1) is 27.9 Å². The van der Waals surface area contributed by atoms with Crippen molar-refractivity contribution in [2.45, 2.75) is 43.5 Å². The number of hydrogen-bond donors (Lipinski definition) is 2. The van der Waals surface area contributed by atoms with Gasteiger partial charge in [-0.2, -0.15) is 4.98 Å². The van der Waals surface area contributed by atoms with Crippen LogP contribution in [0, 0.1) is 0 Å². The summed E-state index contributed by atoms with van der Waals surface area (Å²) in [5, 5.41) is 12.2. The number of carbonyl (C=O) groups excluding carboxylic acids is 2. The summed E-state index contributed by atoms with van der Waals surface area (Å²) in [6.45, 7) is 2.95.